The maximum atomic E-state index is 11.9. The maximum Gasteiger partial charge on any atom is 0.241 e. The summed E-state index contributed by atoms with van der Waals surface area (Å²) in [6, 6.07) is 1.63. The van der Waals surface area contributed by atoms with Crippen LogP contribution >= 0.6 is 23.1 Å². The van der Waals surface area contributed by atoms with Crippen molar-refractivity contribution in [3.8, 4) is 0 Å². The highest BCUT2D eigenvalue weighted by molar-refractivity contribution is 7.99. The fraction of sp³-hybridized carbons (Fsp3) is 0.600. The normalized spacial score (nSPS) is 13.8. The predicted molar refractivity (Wildman–Crippen MR) is 75.0 cm³/mol. The smallest absolute Gasteiger partial charge is 0.241 e. The molecule has 98 valence electrons. The van der Waals surface area contributed by atoms with E-state index in [1.165, 1.54) is 11.3 Å². The summed E-state index contributed by atoms with van der Waals surface area (Å²) in [5.74, 6) is 0. The highest BCUT2D eigenvalue weighted by atomic mass is 32.2. The fourth-order valence-corrected chi connectivity index (χ4v) is 3.76. The summed E-state index contributed by atoms with van der Waals surface area (Å²) in [5, 5.41) is 2.09. The molecule has 0 aromatic carbocycles. The number of nitrogens with one attached hydrogen (secondary N) is 1. The van der Waals surface area contributed by atoms with Gasteiger partial charge >= 0.3 is 0 Å². The largest absolute Gasteiger partial charge is 0.326 e. The third kappa shape index (κ3) is 4.59. The molecule has 17 heavy (non-hydrogen) atoms. The van der Waals surface area contributed by atoms with Crippen molar-refractivity contribution in [1.29, 1.82) is 0 Å². The molecule has 0 aliphatic rings. The molecule has 0 bridgehead atoms. The lowest BCUT2D eigenvalue weighted by Crippen LogP contribution is -2.25. The Labute approximate surface area is 111 Å². The summed E-state index contributed by atoms with van der Waals surface area (Å²) in [6.45, 7) is 2.93. The minimum atomic E-state index is -3.36. The molecule has 0 saturated carbocycles. The van der Waals surface area contributed by atoms with E-state index in [4.69, 9.17) is 5.73 Å². The van der Waals surface area contributed by atoms with Crippen molar-refractivity contribution < 1.29 is 8.42 Å². The zero-order valence-electron chi connectivity index (χ0n) is 9.97. The van der Waals surface area contributed by atoms with Crippen LogP contribution < -0.4 is 10.5 Å². The quantitative estimate of drug-likeness (QED) is 0.801. The summed E-state index contributed by atoms with van der Waals surface area (Å²) in [7, 11) is -3.36. The van der Waals surface area contributed by atoms with E-state index in [9.17, 15) is 8.42 Å². The monoisotopic (exact) mass is 294 g/mol. The van der Waals surface area contributed by atoms with Gasteiger partial charge in [0, 0.05) is 28.6 Å². The Morgan fingerprint density at radius 1 is 1.59 bits per heavy atom. The molecule has 3 N–H and O–H groups in total. The summed E-state index contributed by atoms with van der Waals surface area (Å²) in [5.41, 5.74) is 5.46. The first-order valence-electron chi connectivity index (χ1n) is 5.29. The lowest BCUT2D eigenvalue weighted by molar-refractivity contribution is 0.579. The molecule has 1 unspecified atom stereocenters. The van der Waals surface area contributed by atoms with Crippen LogP contribution in [0.1, 0.15) is 18.2 Å². The van der Waals surface area contributed by atoms with Crippen LogP contribution in [0.25, 0.3) is 0 Å². The van der Waals surface area contributed by atoms with Gasteiger partial charge in [0.15, 0.2) is 0 Å². The standard InChI is InChI=1S/C10H18N2O2S3/c1-8(15-2)3-4-12-17(13,14)10-5-9(6-11)16-7-10/h5,7-8,12H,3-4,6,11H2,1-2H3. The van der Waals surface area contributed by atoms with Gasteiger partial charge in [0.2, 0.25) is 10.0 Å². The second-order valence-corrected chi connectivity index (χ2v) is 7.72. The first kappa shape index (κ1) is 15.0. The van der Waals surface area contributed by atoms with Crippen LogP contribution in [0.4, 0.5) is 0 Å². The molecule has 0 radical (unpaired) electrons. The topological polar surface area (TPSA) is 72.2 Å². The van der Waals surface area contributed by atoms with Gasteiger partial charge in [0.1, 0.15) is 0 Å². The molecule has 1 aromatic heterocycles. The van der Waals surface area contributed by atoms with Crippen molar-refractivity contribution in [1.82, 2.24) is 4.72 Å². The van der Waals surface area contributed by atoms with Gasteiger partial charge in [-0.15, -0.1) is 11.3 Å². The molecule has 0 amide bonds. The van der Waals surface area contributed by atoms with Crippen LogP contribution in [0.15, 0.2) is 16.3 Å². The Balaban J connectivity index is 2.56. The molecule has 0 fully saturated rings. The second-order valence-electron chi connectivity index (χ2n) is 3.69. The number of sulfonamides is 1. The summed E-state index contributed by atoms with van der Waals surface area (Å²) in [4.78, 5) is 1.20. The van der Waals surface area contributed by atoms with Crippen molar-refractivity contribution in [2.75, 3.05) is 12.8 Å². The van der Waals surface area contributed by atoms with Crippen molar-refractivity contribution in [3.63, 3.8) is 0 Å². The van der Waals surface area contributed by atoms with E-state index in [0.29, 0.717) is 23.2 Å². The molecule has 1 aromatic rings. The Hall–Kier alpha value is -0.0800. The molecule has 7 heteroatoms. The van der Waals surface area contributed by atoms with Gasteiger partial charge in [-0.1, -0.05) is 6.92 Å². The first-order chi connectivity index (χ1) is 7.99. The molecular formula is C10H18N2O2S3. The van der Waals surface area contributed by atoms with Gasteiger partial charge in [-0.25, -0.2) is 13.1 Å². The highest BCUT2D eigenvalue weighted by Gasteiger charge is 2.15. The van der Waals surface area contributed by atoms with Gasteiger partial charge in [-0.3, -0.25) is 0 Å². The number of hydrogen-bond donors (Lipinski definition) is 2. The SMILES string of the molecule is CSC(C)CCNS(=O)(=O)c1csc(CN)c1. The van der Waals surface area contributed by atoms with Crippen LogP contribution in [0.5, 0.6) is 0 Å². The van der Waals surface area contributed by atoms with Crippen LogP contribution in [0.2, 0.25) is 0 Å². The van der Waals surface area contributed by atoms with E-state index in [2.05, 4.69) is 11.6 Å². The zero-order chi connectivity index (χ0) is 12.9. The molecule has 1 heterocycles. The number of thiophene rings is 1. The van der Waals surface area contributed by atoms with Crippen LogP contribution in [0.3, 0.4) is 0 Å². The van der Waals surface area contributed by atoms with Crippen LogP contribution in [-0.4, -0.2) is 26.5 Å². The number of rotatable bonds is 7. The fourth-order valence-electron chi connectivity index (χ4n) is 1.21. The average molecular weight is 294 g/mol. The van der Waals surface area contributed by atoms with Crippen molar-refractivity contribution in [3.05, 3.63) is 16.3 Å². The number of nitrogens with two attached hydrogens (primary N) is 1. The van der Waals surface area contributed by atoms with E-state index in [-0.39, 0.29) is 0 Å². The number of hydrogen-bond acceptors (Lipinski definition) is 5. The van der Waals surface area contributed by atoms with E-state index in [1.807, 2.05) is 6.26 Å². The van der Waals surface area contributed by atoms with E-state index < -0.39 is 10.0 Å². The summed E-state index contributed by atoms with van der Waals surface area (Å²) in [6.07, 6.45) is 2.85. The second kappa shape index (κ2) is 6.75. The van der Waals surface area contributed by atoms with E-state index in [1.54, 1.807) is 23.2 Å². The maximum absolute atomic E-state index is 11.9. The van der Waals surface area contributed by atoms with Gasteiger partial charge in [0.25, 0.3) is 0 Å². The Bertz CT molecular complexity index is 442. The molecule has 1 atom stereocenters. The molecule has 0 saturated heterocycles. The highest BCUT2D eigenvalue weighted by Crippen LogP contribution is 2.18. The molecular weight excluding hydrogens is 276 g/mol. The molecule has 4 nitrogen and oxygen atoms in total. The Morgan fingerprint density at radius 2 is 2.29 bits per heavy atom. The molecule has 0 aliphatic carbocycles. The Kier molecular flexibility index (Phi) is 5.94. The van der Waals surface area contributed by atoms with Crippen molar-refractivity contribution in [2.24, 2.45) is 5.73 Å². The number of thioether (sulfide) groups is 1. The van der Waals surface area contributed by atoms with Crippen molar-refractivity contribution in [2.45, 2.75) is 30.0 Å². The minimum absolute atomic E-state index is 0.319. The van der Waals surface area contributed by atoms with Gasteiger partial charge < -0.3 is 5.73 Å². The lowest BCUT2D eigenvalue weighted by Gasteiger charge is -2.08. The molecule has 0 aliphatic heterocycles. The summed E-state index contributed by atoms with van der Waals surface area (Å²) < 4.78 is 26.4. The molecule has 1 rings (SSSR count). The van der Waals surface area contributed by atoms with Gasteiger partial charge in [-0.2, -0.15) is 11.8 Å². The van der Waals surface area contributed by atoms with Gasteiger partial charge in [-0.05, 0) is 18.7 Å². The average Bonchev–Trinajstić information content (AvgIpc) is 2.77. The third-order valence-corrected chi connectivity index (χ3v) is 5.98. The minimum Gasteiger partial charge on any atom is -0.326 e. The zero-order valence-corrected chi connectivity index (χ0v) is 12.4. The Morgan fingerprint density at radius 3 is 2.82 bits per heavy atom. The molecule has 0 spiro atoms. The van der Waals surface area contributed by atoms with Gasteiger partial charge in [0.05, 0.1) is 4.90 Å². The van der Waals surface area contributed by atoms with Crippen LogP contribution in [0, 0.1) is 0 Å². The first-order valence-corrected chi connectivity index (χ1v) is 8.94. The summed E-state index contributed by atoms with van der Waals surface area (Å²) >= 11 is 3.10. The predicted octanol–water partition coefficient (Wildman–Crippen LogP) is 1.63. The van der Waals surface area contributed by atoms with E-state index >= 15 is 0 Å². The third-order valence-electron chi connectivity index (χ3n) is 2.39. The van der Waals surface area contributed by atoms with Crippen LogP contribution in [-0.2, 0) is 16.6 Å². The van der Waals surface area contributed by atoms with Crippen molar-refractivity contribution >= 4 is 33.1 Å². The lowest BCUT2D eigenvalue weighted by atomic mass is 10.3. The van der Waals surface area contributed by atoms with E-state index in [0.717, 1.165) is 11.3 Å².